The van der Waals surface area contributed by atoms with Crippen LogP contribution in [0.1, 0.15) is 73.5 Å². The number of nitrogens with zero attached hydrogens (tertiary/aromatic N) is 1. The van der Waals surface area contributed by atoms with Crippen molar-refractivity contribution in [1.82, 2.24) is 4.90 Å². The zero-order valence-corrected chi connectivity index (χ0v) is 31.1. The van der Waals surface area contributed by atoms with Gasteiger partial charge in [-0.05, 0) is 32.3 Å². The van der Waals surface area contributed by atoms with Gasteiger partial charge in [-0.25, -0.2) is 9.59 Å². The summed E-state index contributed by atoms with van der Waals surface area (Å²) >= 11 is 0. The van der Waals surface area contributed by atoms with E-state index in [9.17, 15) is 33.6 Å². The van der Waals surface area contributed by atoms with Crippen molar-refractivity contribution in [2.45, 2.75) is 72.5 Å². The Labute approximate surface area is 312 Å². The average Bonchev–Trinajstić information content (AvgIpc) is 3.53. The number of ether oxygens (including phenoxy) is 10. The number of benzene rings is 1. The molecule has 3 rings (SSSR count). The predicted octanol–water partition coefficient (Wildman–Crippen LogP) is 2.65. The van der Waals surface area contributed by atoms with Gasteiger partial charge in [0.25, 0.3) is 0 Å². The lowest BCUT2D eigenvalue weighted by Crippen LogP contribution is -2.38. The smallest absolute Gasteiger partial charge is 0.496 e. The summed E-state index contributed by atoms with van der Waals surface area (Å²) in [5.74, 6) is -3.95. The molecule has 1 fully saturated rings. The quantitative estimate of drug-likeness (QED) is 0.0613. The van der Waals surface area contributed by atoms with Gasteiger partial charge in [0.05, 0.1) is 33.2 Å². The molecule has 0 saturated carbocycles. The van der Waals surface area contributed by atoms with Crippen molar-refractivity contribution in [3.05, 3.63) is 33.9 Å². The van der Waals surface area contributed by atoms with Crippen molar-refractivity contribution in [2.75, 3.05) is 66.6 Å². The Hall–Kier alpha value is -5.23. The molecule has 2 heterocycles. The largest absolute Gasteiger partial charge is 0.516 e. The van der Waals surface area contributed by atoms with Gasteiger partial charge < -0.3 is 47.4 Å². The summed E-state index contributed by atoms with van der Waals surface area (Å²) in [6.45, 7) is 8.00. The Kier molecular flexibility index (Phi) is 17.7. The number of hydrogen-bond acceptors (Lipinski definition) is 18. The zero-order chi connectivity index (χ0) is 39.6. The molecule has 298 valence electrons. The number of rotatable bonds is 20. The summed E-state index contributed by atoms with van der Waals surface area (Å²) in [7, 11) is 1.43. The molecular weight excluding hydrogens is 718 g/mol. The van der Waals surface area contributed by atoms with Gasteiger partial charge in [0.15, 0.2) is 11.9 Å². The average molecular weight is 766 g/mol. The van der Waals surface area contributed by atoms with E-state index in [1.54, 1.807) is 6.92 Å². The molecule has 1 saturated heterocycles. The second kappa shape index (κ2) is 22.1. The minimum atomic E-state index is -1.31. The number of morpholine rings is 1. The lowest BCUT2D eigenvalue weighted by molar-refractivity contribution is -0.166. The first kappa shape index (κ1) is 43.2. The Balaban J connectivity index is 1.56. The topological polar surface area (TPSA) is 215 Å². The maximum atomic E-state index is 12.8. The summed E-state index contributed by atoms with van der Waals surface area (Å²) in [6, 6.07) is 0. The Bertz CT molecular complexity index is 1540. The molecule has 18 heteroatoms. The molecule has 18 nitrogen and oxygen atoms in total. The van der Waals surface area contributed by atoms with Crippen LogP contribution in [0.5, 0.6) is 11.5 Å². The standard InChI is InChI=1S/C36H47NO17/c1-22(7-9-29(40)47-17-14-37-12-15-46-16-13-37)6-8-27-33(45-5)23(2)28-20-50-35(43)32(28)34(27)54-36(44)52-21-51-30(41)10-11-31(42)53-26(18-48-24(3)38)19-49-25(4)39/h6,26H,7-21H2,1-5H3/b22-6+. The highest BCUT2D eigenvalue weighted by atomic mass is 16.8. The molecule has 0 amide bonds. The first-order valence-corrected chi connectivity index (χ1v) is 17.3. The van der Waals surface area contributed by atoms with E-state index < -0.39 is 61.7 Å². The molecule has 54 heavy (non-hydrogen) atoms. The van der Waals surface area contributed by atoms with Gasteiger partial charge in [0.1, 0.15) is 37.7 Å². The van der Waals surface area contributed by atoms with Crippen LogP contribution >= 0.6 is 0 Å². The fraction of sp³-hybridized carbons (Fsp3) is 0.583. The lowest BCUT2D eigenvalue weighted by atomic mass is 9.94. The number of esters is 6. The lowest BCUT2D eigenvalue weighted by Gasteiger charge is -2.26. The molecule has 1 aromatic carbocycles. The molecule has 0 bridgehead atoms. The molecule has 1 aromatic rings. The second-order valence-electron chi connectivity index (χ2n) is 12.2. The van der Waals surface area contributed by atoms with Gasteiger partial charge in [-0.3, -0.25) is 28.9 Å². The van der Waals surface area contributed by atoms with Crippen molar-refractivity contribution in [1.29, 1.82) is 0 Å². The molecule has 0 unspecified atom stereocenters. The van der Waals surface area contributed by atoms with E-state index in [1.807, 2.05) is 13.0 Å². The maximum absolute atomic E-state index is 12.8. The monoisotopic (exact) mass is 765 g/mol. The molecule has 0 radical (unpaired) electrons. The summed E-state index contributed by atoms with van der Waals surface area (Å²) in [5.41, 5.74) is 2.27. The van der Waals surface area contributed by atoms with Crippen LogP contribution < -0.4 is 9.47 Å². The minimum absolute atomic E-state index is 0.0198. The summed E-state index contributed by atoms with van der Waals surface area (Å²) in [6.07, 6.45) is -0.831. The number of hydrogen-bond donors (Lipinski definition) is 0. The number of carbonyl (C=O) groups is 7. The Morgan fingerprint density at radius 2 is 1.44 bits per heavy atom. The minimum Gasteiger partial charge on any atom is -0.496 e. The van der Waals surface area contributed by atoms with Crippen LogP contribution in [-0.4, -0.2) is 120 Å². The summed E-state index contributed by atoms with van der Waals surface area (Å²) in [4.78, 5) is 86.7. The third kappa shape index (κ3) is 14.3. The van der Waals surface area contributed by atoms with Crippen LogP contribution in [-0.2, 0) is 74.9 Å². The predicted molar refractivity (Wildman–Crippen MR) is 182 cm³/mol. The van der Waals surface area contributed by atoms with Crippen LogP contribution in [0.2, 0.25) is 0 Å². The van der Waals surface area contributed by atoms with Crippen LogP contribution in [0.3, 0.4) is 0 Å². The normalized spacial score (nSPS) is 14.0. The number of cyclic esters (lactones) is 1. The van der Waals surface area contributed by atoms with Crippen molar-refractivity contribution in [3.8, 4) is 11.5 Å². The van der Waals surface area contributed by atoms with E-state index in [2.05, 4.69) is 4.90 Å². The molecule has 2 aliphatic heterocycles. The van der Waals surface area contributed by atoms with E-state index in [4.69, 9.17) is 47.4 Å². The summed E-state index contributed by atoms with van der Waals surface area (Å²) in [5, 5.41) is 0. The van der Waals surface area contributed by atoms with Crippen LogP contribution in [0, 0.1) is 6.92 Å². The van der Waals surface area contributed by atoms with Gasteiger partial charge in [-0.1, -0.05) is 11.6 Å². The van der Waals surface area contributed by atoms with Crippen molar-refractivity contribution < 1.29 is 80.9 Å². The van der Waals surface area contributed by atoms with E-state index in [-0.39, 0.29) is 56.6 Å². The Morgan fingerprint density at radius 1 is 0.815 bits per heavy atom. The SMILES string of the molecule is COc1c(C)c2c(c(OC(=O)OCOC(=O)CCC(=O)OC(COC(C)=O)COC(C)=O)c1C/C=C(\C)CCC(=O)OCCN1CCOCC1)C(=O)OC2. The number of carbonyl (C=O) groups excluding carboxylic acids is 7. The number of allylic oxidation sites excluding steroid dienone is 2. The highest BCUT2D eigenvalue weighted by Crippen LogP contribution is 2.43. The highest BCUT2D eigenvalue weighted by molar-refractivity contribution is 5.99. The van der Waals surface area contributed by atoms with Gasteiger partial charge in [0, 0.05) is 51.0 Å². The van der Waals surface area contributed by atoms with Gasteiger partial charge in [-0.2, -0.15) is 0 Å². The molecule has 0 N–H and O–H groups in total. The Morgan fingerprint density at radius 3 is 2.09 bits per heavy atom. The molecule has 2 aliphatic rings. The first-order chi connectivity index (χ1) is 25.8. The third-order valence-electron chi connectivity index (χ3n) is 8.14. The third-order valence-corrected chi connectivity index (χ3v) is 8.14. The maximum Gasteiger partial charge on any atom is 0.516 e. The molecular formula is C36H47NO17. The highest BCUT2D eigenvalue weighted by Gasteiger charge is 2.34. The van der Waals surface area contributed by atoms with Crippen molar-refractivity contribution >= 4 is 42.0 Å². The van der Waals surface area contributed by atoms with Crippen LogP contribution in [0.4, 0.5) is 4.79 Å². The number of fused-ring (bicyclic) bond motifs is 1. The van der Waals surface area contributed by atoms with Gasteiger partial charge in [0.2, 0.25) is 6.79 Å². The van der Waals surface area contributed by atoms with Crippen molar-refractivity contribution in [3.63, 3.8) is 0 Å². The molecule has 0 aliphatic carbocycles. The van der Waals surface area contributed by atoms with Crippen LogP contribution in [0.15, 0.2) is 11.6 Å². The molecule has 0 aromatic heterocycles. The second-order valence-corrected chi connectivity index (χ2v) is 12.2. The van der Waals surface area contributed by atoms with E-state index >= 15 is 0 Å². The van der Waals surface area contributed by atoms with E-state index in [0.717, 1.165) is 32.5 Å². The fourth-order valence-corrected chi connectivity index (χ4v) is 5.30. The fourth-order valence-electron chi connectivity index (χ4n) is 5.30. The molecule has 0 atom stereocenters. The van der Waals surface area contributed by atoms with E-state index in [1.165, 1.54) is 7.11 Å². The van der Waals surface area contributed by atoms with Crippen molar-refractivity contribution in [2.24, 2.45) is 0 Å². The number of methoxy groups -OCH3 is 1. The summed E-state index contributed by atoms with van der Waals surface area (Å²) < 4.78 is 51.5. The molecule has 0 spiro atoms. The van der Waals surface area contributed by atoms with Gasteiger partial charge >= 0.3 is 42.0 Å². The van der Waals surface area contributed by atoms with E-state index in [0.29, 0.717) is 48.6 Å². The van der Waals surface area contributed by atoms with Gasteiger partial charge in [-0.15, -0.1) is 0 Å². The van der Waals surface area contributed by atoms with Crippen LogP contribution in [0.25, 0.3) is 0 Å². The zero-order valence-electron chi connectivity index (χ0n) is 31.1. The first-order valence-electron chi connectivity index (χ1n) is 17.3.